The molecular weight excluding hydrogens is 649 g/mol. The van der Waals surface area contributed by atoms with Crippen LogP contribution in [0.4, 0.5) is 0 Å². The number of nitrogens with zero attached hydrogens (tertiary/aromatic N) is 4. The van der Waals surface area contributed by atoms with Crippen LogP contribution in [0.2, 0.25) is 0 Å². The van der Waals surface area contributed by atoms with Crippen LogP contribution in [0.25, 0.3) is 72.4 Å². The molecule has 0 unspecified atom stereocenters. The van der Waals surface area contributed by atoms with Crippen LogP contribution in [0.3, 0.4) is 0 Å². The Morgan fingerprint density at radius 3 is 2.13 bits per heavy atom. The van der Waals surface area contributed by atoms with E-state index < -0.39 is 36.3 Å². The Kier molecular flexibility index (Phi) is 5.29. The molecule has 0 saturated heterocycles. The molecule has 0 radical (unpaired) electrons. The summed E-state index contributed by atoms with van der Waals surface area (Å²) in [6.07, 6.45) is 3.46. The number of fused-ring (bicyclic) bond motifs is 4. The monoisotopic (exact) mass is 690 g/mol. The quantitative estimate of drug-likeness (QED) is 0.123. The van der Waals surface area contributed by atoms with Crippen LogP contribution >= 0.6 is 0 Å². The number of para-hydroxylation sites is 4. The average Bonchev–Trinajstić information content (AvgIpc) is 3.85. The summed E-state index contributed by atoms with van der Waals surface area (Å²) in [5, 5.41) is 1.90. The van der Waals surface area contributed by atoms with Crippen molar-refractivity contribution in [3.63, 3.8) is 0 Å². The summed E-state index contributed by atoms with van der Waals surface area (Å²) in [7, 11) is 0. The van der Waals surface area contributed by atoms with Crippen molar-refractivity contribution < 1.29 is 23.0 Å². The van der Waals surface area contributed by atoms with Gasteiger partial charge in [0.25, 0.3) is 6.33 Å². The van der Waals surface area contributed by atoms with E-state index in [0.717, 1.165) is 38.5 Å². The number of benzene rings is 7. The maximum absolute atomic E-state index is 8.71. The zero-order valence-electron chi connectivity index (χ0n) is 37.9. The lowest BCUT2D eigenvalue weighted by atomic mass is 10.0. The van der Waals surface area contributed by atoms with Crippen LogP contribution in [0.1, 0.15) is 13.7 Å². The lowest BCUT2D eigenvalue weighted by Crippen LogP contribution is -2.30. The van der Waals surface area contributed by atoms with Crippen molar-refractivity contribution in [2.24, 2.45) is 0 Å². The first-order valence-electron chi connectivity index (χ1n) is 21.9. The number of hydrogen-bond donors (Lipinski definition) is 0. The molecule has 0 amide bonds. The van der Waals surface area contributed by atoms with Gasteiger partial charge in [-0.15, -0.1) is 0 Å². The maximum Gasteiger partial charge on any atom is 0.269 e. The largest absolute Gasteiger partial charge is 0.458 e. The number of rotatable bonds is 7. The lowest BCUT2D eigenvalue weighted by molar-refractivity contribution is -0.571. The summed E-state index contributed by atoms with van der Waals surface area (Å²) in [5.74, 6) is 1.56. The molecule has 0 bridgehead atoms. The van der Waals surface area contributed by atoms with Crippen molar-refractivity contribution in [1.29, 1.82) is 0 Å². The first-order valence-corrected chi connectivity index (χ1v) is 16.9. The number of aromatic nitrogens is 4. The molecule has 7 aromatic carbocycles. The van der Waals surface area contributed by atoms with Crippen LogP contribution in [0.5, 0.6) is 11.5 Å². The van der Waals surface area contributed by atoms with Gasteiger partial charge in [0, 0.05) is 22.4 Å². The maximum atomic E-state index is 8.71. The van der Waals surface area contributed by atoms with E-state index in [0.29, 0.717) is 28.6 Å². The standard InChI is InChI=1S/C48H32N4O/c1-3-15-34(16-4-1)39-21-7-9-24-43(39)51-33-50(45-26-11-12-27-46(45)51)36-19-13-20-37(31-36)53-38-29-30-41-40-22-8-10-25-44(40)52(47(41)32-38)48-28-14-23-42(49-48)35-17-5-2-6-18-35/h1-32H/i1D,2D,3D,4D,5D,6D,15D,16D,17D,18D. The van der Waals surface area contributed by atoms with Gasteiger partial charge in [0.15, 0.2) is 0 Å². The normalized spacial score (nSPS) is 14.0. The SMILES string of the molecule is [2H]c1c([2H])c([2H])c(-c2cccc(-n3c4ccccc4c4ccc(Oc5cccc(-n6[c-][n+](-c7ccccc7-c7c([2H])c([2H])c([2H])c([2H])c7[2H])c7ccccc76)c5)cc43)n2)c([2H])c1[2H]. The summed E-state index contributed by atoms with van der Waals surface area (Å²) in [4.78, 5) is 4.87. The van der Waals surface area contributed by atoms with E-state index in [1.165, 1.54) is 0 Å². The minimum Gasteiger partial charge on any atom is -0.458 e. The molecule has 0 aliphatic carbocycles. The van der Waals surface area contributed by atoms with Crippen molar-refractivity contribution in [3.8, 4) is 51.1 Å². The van der Waals surface area contributed by atoms with Crippen molar-refractivity contribution in [1.82, 2.24) is 14.1 Å². The van der Waals surface area contributed by atoms with Crippen molar-refractivity contribution in [3.05, 3.63) is 200 Å². The highest BCUT2D eigenvalue weighted by Gasteiger charge is 2.17. The molecule has 0 N–H and O–H groups in total. The average molecular weight is 691 g/mol. The third-order valence-corrected chi connectivity index (χ3v) is 9.15. The molecule has 10 rings (SSSR count). The summed E-state index contributed by atoms with van der Waals surface area (Å²) >= 11 is 0. The molecule has 250 valence electrons. The zero-order valence-corrected chi connectivity index (χ0v) is 27.9. The molecule has 53 heavy (non-hydrogen) atoms. The second-order valence-electron chi connectivity index (χ2n) is 12.3. The van der Waals surface area contributed by atoms with Gasteiger partial charge in [0.1, 0.15) is 17.3 Å². The fraction of sp³-hybridized carbons (Fsp3) is 0. The molecule has 3 aromatic heterocycles. The molecule has 0 fully saturated rings. The second kappa shape index (κ2) is 12.8. The van der Waals surface area contributed by atoms with Gasteiger partial charge in [-0.25, -0.2) is 4.98 Å². The number of ether oxygens (including phenoxy) is 1. The first-order chi connectivity index (χ1) is 30.4. The van der Waals surface area contributed by atoms with Gasteiger partial charge >= 0.3 is 0 Å². The van der Waals surface area contributed by atoms with E-state index in [4.69, 9.17) is 23.4 Å². The Morgan fingerprint density at radius 1 is 0.566 bits per heavy atom. The summed E-state index contributed by atoms with van der Waals surface area (Å²) in [6, 6.07) is 37.5. The molecule has 0 spiro atoms. The molecule has 0 aliphatic rings. The third-order valence-electron chi connectivity index (χ3n) is 9.15. The highest BCUT2D eigenvalue weighted by atomic mass is 16.5. The smallest absolute Gasteiger partial charge is 0.269 e. The van der Waals surface area contributed by atoms with Gasteiger partial charge in [-0.2, -0.15) is 0 Å². The third kappa shape index (κ3) is 5.43. The van der Waals surface area contributed by atoms with E-state index in [-0.39, 0.29) is 41.0 Å². The van der Waals surface area contributed by atoms with Gasteiger partial charge in [0.2, 0.25) is 0 Å². The predicted octanol–water partition coefficient (Wildman–Crippen LogP) is 11.3. The summed E-state index contributed by atoms with van der Waals surface area (Å²) in [6.45, 7) is 0. The molecule has 5 heteroatoms. The van der Waals surface area contributed by atoms with E-state index in [1.54, 1.807) is 24.3 Å². The fourth-order valence-corrected chi connectivity index (χ4v) is 6.84. The number of imidazole rings is 1. The van der Waals surface area contributed by atoms with E-state index in [2.05, 4.69) is 6.33 Å². The Morgan fingerprint density at radius 2 is 1.26 bits per heavy atom. The van der Waals surface area contributed by atoms with Gasteiger partial charge in [-0.05, 0) is 65.7 Å². The summed E-state index contributed by atoms with van der Waals surface area (Å²) in [5.41, 5.74) is 5.32. The Balaban J connectivity index is 1.06. The fourth-order valence-electron chi connectivity index (χ4n) is 6.84. The van der Waals surface area contributed by atoms with Gasteiger partial charge < -0.3 is 4.74 Å². The van der Waals surface area contributed by atoms with Gasteiger partial charge in [0.05, 0.1) is 52.8 Å². The van der Waals surface area contributed by atoms with E-state index >= 15 is 0 Å². The Bertz CT molecular complexity index is 3470. The van der Waals surface area contributed by atoms with Crippen LogP contribution in [0, 0.1) is 6.33 Å². The molecule has 5 nitrogen and oxygen atoms in total. The second-order valence-corrected chi connectivity index (χ2v) is 12.3. The van der Waals surface area contributed by atoms with Crippen molar-refractivity contribution >= 4 is 32.8 Å². The molecule has 0 saturated carbocycles. The number of pyridine rings is 1. The van der Waals surface area contributed by atoms with E-state index in [9.17, 15) is 0 Å². The predicted molar refractivity (Wildman–Crippen MR) is 213 cm³/mol. The number of hydrogen-bond acceptors (Lipinski definition) is 2. The Labute approximate surface area is 320 Å². The van der Waals surface area contributed by atoms with Crippen LogP contribution in [-0.4, -0.2) is 14.1 Å². The van der Waals surface area contributed by atoms with Crippen molar-refractivity contribution in [2.75, 3.05) is 0 Å². The molecule has 0 atom stereocenters. The molecule has 10 aromatic rings. The highest BCUT2D eigenvalue weighted by Crippen LogP contribution is 2.36. The van der Waals surface area contributed by atoms with E-state index in [1.807, 2.05) is 123 Å². The molecule has 0 aliphatic heterocycles. The molecular formula is C48H32N4O. The highest BCUT2D eigenvalue weighted by molar-refractivity contribution is 6.09. The minimum atomic E-state index is -0.468. The van der Waals surface area contributed by atoms with Crippen LogP contribution in [0.15, 0.2) is 194 Å². The molecule has 3 heterocycles. The minimum absolute atomic E-state index is 0.0176. The van der Waals surface area contributed by atoms with Crippen LogP contribution in [-0.2, 0) is 0 Å². The van der Waals surface area contributed by atoms with Crippen molar-refractivity contribution in [2.45, 2.75) is 0 Å². The lowest BCUT2D eigenvalue weighted by Gasteiger charge is -2.11. The summed E-state index contributed by atoms with van der Waals surface area (Å²) < 4.78 is 96.1. The first kappa shape index (κ1) is 21.9. The van der Waals surface area contributed by atoms with Crippen LogP contribution < -0.4 is 9.30 Å². The zero-order chi connectivity index (χ0) is 43.8. The topological polar surface area (TPSA) is 35.9 Å². The van der Waals surface area contributed by atoms with Gasteiger partial charge in [-0.1, -0.05) is 133 Å². The van der Waals surface area contributed by atoms with Gasteiger partial charge in [-0.3, -0.25) is 13.7 Å². The Hall–Kier alpha value is -7.24.